The van der Waals surface area contributed by atoms with E-state index < -0.39 is 12.1 Å². The van der Waals surface area contributed by atoms with Crippen LogP contribution in [0.25, 0.3) is 0 Å². The van der Waals surface area contributed by atoms with Crippen LogP contribution in [0.5, 0.6) is 0 Å². The SMILES string of the molecule is CCCCCC(C(O)C/C=C\C/C=C\C/C=C\C/C=C\CC[C]=O)[N+](=O)[O-]. The summed E-state index contributed by atoms with van der Waals surface area (Å²) in [5.41, 5.74) is 0. The van der Waals surface area contributed by atoms with Crippen LogP contribution in [0.2, 0.25) is 0 Å². The predicted octanol–water partition coefficient (Wildman–Crippen LogP) is 5.25. The molecule has 0 aromatic carbocycles. The van der Waals surface area contributed by atoms with Gasteiger partial charge in [0.05, 0.1) is 0 Å². The lowest BCUT2D eigenvalue weighted by molar-refractivity contribution is -0.535. The van der Waals surface area contributed by atoms with Crippen molar-refractivity contribution < 1.29 is 14.8 Å². The molecule has 0 spiro atoms. The van der Waals surface area contributed by atoms with Crippen LogP contribution in [-0.4, -0.2) is 28.5 Å². The van der Waals surface area contributed by atoms with Gasteiger partial charge in [0.1, 0.15) is 6.10 Å². The molecule has 27 heavy (non-hydrogen) atoms. The molecule has 151 valence electrons. The molecule has 0 aliphatic rings. The van der Waals surface area contributed by atoms with E-state index in [1.165, 1.54) is 0 Å². The highest BCUT2D eigenvalue weighted by molar-refractivity contribution is 5.50. The van der Waals surface area contributed by atoms with Gasteiger partial charge in [-0.3, -0.25) is 14.9 Å². The number of aliphatic hydroxyl groups excluding tert-OH is 1. The van der Waals surface area contributed by atoms with Gasteiger partial charge in [-0.15, -0.1) is 0 Å². The molecule has 5 nitrogen and oxygen atoms in total. The Hall–Kier alpha value is -2.01. The monoisotopic (exact) mass is 376 g/mol. The zero-order valence-electron chi connectivity index (χ0n) is 16.5. The van der Waals surface area contributed by atoms with Crippen LogP contribution < -0.4 is 0 Å². The molecule has 0 aromatic heterocycles. The molecule has 2 unspecified atom stereocenters. The Morgan fingerprint density at radius 3 is 2.04 bits per heavy atom. The summed E-state index contributed by atoms with van der Waals surface area (Å²) >= 11 is 0. The first-order valence-electron chi connectivity index (χ1n) is 9.90. The highest BCUT2D eigenvalue weighted by Gasteiger charge is 2.27. The fourth-order valence-corrected chi connectivity index (χ4v) is 2.51. The Bertz CT molecular complexity index is 495. The van der Waals surface area contributed by atoms with Crippen molar-refractivity contribution in [2.45, 2.75) is 83.3 Å². The maximum absolute atomic E-state index is 11.1. The molecule has 0 rings (SSSR count). The van der Waals surface area contributed by atoms with Gasteiger partial charge in [-0.05, 0) is 38.5 Å². The number of hydrogen-bond acceptors (Lipinski definition) is 4. The maximum Gasteiger partial charge on any atom is 0.238 e. The topological polar surface area (TPSA) is 80.4 Å². The second kappa shape index (κ2) is 18.8. The van der Waals surface area contributed by atoms with E-state index >= 15 is 0 Å². The molecule has 0 aromatic rings. The van der Waals surface area contributed by atoms with Crippen LogP contribution in [0.15, 0.2) is 48.6 Å². The summed E-state index contributed by atoms with van der Waals surface area (Å²) in [5, 5.41) is 21.1. The molecule has 0 saturated heterocycles. The molecule has 0 fully saturated rings. The van der Waals surface area contributed by atoms with Crippen molar-refractivity contribution in [3.05, 3.63) is 58.7 Å². The standard InChI is InChI=1S/C22H34NO4/c1-2-3-15-18-21(23(26)27)22(25)19-16-13-11-9-7-5-4-6-8-10-12-14-17-20-24/h4,6-7,9-10,12-13,16,21-22,25H,2-3,5,8,11,14-15,17-19H2,1H3/b6-4-,9-7-,12-10-,16-13-. The van der Waals surface area contributed by atoms with Crippen LogP contribution in [0.1, 0.15) is 71.1 Å². The zero-order valence-corrected chi connectivity index (χ0v) is 16.5. The van der Waals surface area contributed by atoms with Crippen LogP contribution >= 0.6 is 0 Å². The van der Waals surface area contributed by atoms with Crippen LogP contribution in [0, 0.1) is 10.1 Å². The highest BCUT2D eigenvalue weighted by Crippen LogP contribution is 2.13. The first-order chi connectivity index (χ1) is 13.1. The molecule has 0 amide bonds. The lowest BCUT2D eigenvalue weighted by Crippen LogP contribution is -2.33. The molecule has 1 radical (unpaired) electrons. The molecule has 0 aliphatic heterocycles. The van der Waals surface area contributed by atoms with Crippen molar-refractivity contribution in [1.29, 1.82) is 0 Å². The smallest absolute Gasteiger partial charge is 0.238 e. The Morgan fingerprint density at radius 1 is 0.963 bits per heavy atom. The van der Waals surface area contributed by atoms with Gasteiger partial charge in [0, 0.05) is 17.8 Å². The summed E-state index contributed by atoms with van der Waals surface area (Å²) in [4.78, 5) is 20.7. The number of rotatable bonds is 17. The minimum Gasteiger partial charge on any atom is -0.386 e. The van der Waals surface area contributed by atoms with Gasteiger partial charge < -0.3 is 5.11 Å². The fraction of sp³-hybridized carbons (Fsp3) is 0.591. The second-order valence-corrected chi connectivity index (χ2v) is 6.43. The van der Waals surface area contributed by atoms with Gasteiger partial charge in [0.15, 0.2) is 6.29 Å². The van der Waals surface area contributed by atoms with E-state index in [9.17, 15) is 20.0 Å². The Balaban J connectivity index is 3.90. The van der Waals surface area contributed by atoms with Gasteiger partial charge in [-0.25, -0.2) is 0 Å². The zero-order chi connectivity index (χ0) is 20.2. The average molecular weight is 377 g/mol. The van der Waals surface area contributed by atoms with E-state index in [4.69, 9.17) is 0 Å². The Morgan fingerprint density at radius 2 is 1.52 bits per heavy atom. The van der Waals surface area contributed by atoms with Crippen LogP contribution in [0.3, 0.4) is 0 Å². The Kier molecular flexibility index (Phi) is 17.4. The summed E-state index contributed by atoms with van der Waals surface area (Å²) in [7, 11) is 0. The van der Waals surface area contributed by atoms with Gasteiger partial charge >= 0.3 is 0 Å². The summed E-state index contributed by atoms with van der Waals surface area (Å²) < 4.78 is 0. The van der Waals surface area contributed by atoms with Crippen molar-refractivity contribution in [1.82, 2.24) is 0 Å². The number of nitro groups is 1. The van der Waals surface area contributed by atoms with Crippen LogP contribution in [0.4, 0.5) is 0 Å². The largest absolute Gasteiger partial charge is 0.386 e. The maximum atomic E-state index is 11.1. The highest BCUT2D eigenvalue weighted by atomic mass is 16.6. The predicted molar refractivity (Wildman–Crippen MR) is 111 cm³/mol. The molecule has 0 aliphatic carbocycles. The van der Waals surface area contributed by atoms with E-state index in [1.807, 2.05) is 36.7 Å². The van der Waals surface area contributed by atoms with Gasteiger partial charge in [-0.2, -0.15) is 0 Å². The Labute approximate surface area is 163 Å². The lowest BCUT2D eigenvalue weighted by atomic mass is 10.0. The molecule has 0 bridgehead atoms. The van der Waals surface area contributed by atoms with Crippen molar-refractivity contribution in [2.75, 3.05) is 0 Å². The van der Waals surface area contributed by atoms with E-state index in [0.717, 1.165) is 44.9 Å². The number of hydrogen-bond donors (Lipinski definition) is 1. The number of unbranched alkanes of at least 4 members (excludes halogenated alkanes) is 3. The third-order valence-electron chi connectivity index (χ3n) is 4.09. The second-order valence-electron chi connectivity index (χ2n) is 6.43. The third-order valence-corrected chi connectivity index (χ3v) is 4.09. The number of carbonyl (C=O) groups excluding carboxylic acids is 1. The van der Waals surface area contributed by atoms with Gasteiger partial charge in [-0.1, -0.05) is 68.4 Å². The molecular formula is C22H34NO4. The molecule has 5 heteroatoms. The van der Waals surface area contributed by atoms with Crippen molar-refractivity contribution in [2.24, 2.45) is 0 Å². The van der Waals surface area contributed by atoms with E-state index in [-0.39, 0.29) is 4.92 Å². The first kappa shape index (κ1) is 25.0. The van der Waals surface area contributed by atoms with Crippen molar-refractivity contribution in [3.8, 4) is 0 Å². The number of aliphatic hydroxyl groups is 1. The summed E-state index contributed by atoms with van der Waals surface area (Å²) in [6, 6.07) is -0.868. The third kappa shape index (κ3) is 15.9. The number of nitrogens with zero attached hydrogens (tertiary/aromatic N) is 1. The minimum atomic E-state index is -0.919. The van der Waals surface area contributed by atoms with Crippen molar-refractivity contribution >= 4 is 6.29 Å². The summed E-state index contributed by atoms with van der Waals surface area (Å²) in [6.45, 7) is 2.05. The quantitative estimate of drug-likeness (QED) is 0.163. The van der Waals surface area contributed by atoms with E-state index in [2.05, 4.69) is 25.2 Å². The minimum absolute atomic E-state index is 0.319. The molecule has 0 saturated carbocycles. The average Bonchev–Trinajstić information content (AvgIpc) is 2.65. The molecule has 1 N–H and O–H groups in total. The summed E-state index contributed by atoms with van der Waals surface area (Å²) in [6.07, 6.45) is 24.2. The van der Waals surface area contributed by atoms with Crippen LogP contribution in [-0.2, 0) is 4.79 Å². The van der Waals surface area contributed by atoms with Crippen molar-refractivity contribution in [3.63, 3.8) is 0 Å². The lowest BCUT2D eigenvalue weighted by Gasteiger charge is -2.14. The van der Waals surface area contributed by atoms with Gasteiger partial charge in [0.2, 0.25) is 6.04 Å². The summed E-state index contributed by atoms with van der Waals surface area (Å²) in [5.74, 6) is 0. The van der Waals surface area contributed by atoms with E-state index in [0.29, 0.717) is 19.3 Å². The normalized spacial score (nSPS) is 14.6. The van der Waals surface area contributed by atoms with Gasteiger partial charge in [0.25, 0.3) is 0 Å². The molecule has 0 heterocycles. The number of allylic oxidation sites excluding steroid dienone is 7. The fourth-order valence-electron chi connectivity index (χ4n) is 2.51. The molecular weight excluding hydrogens is 342 g/mol. The first-order valence-corrected chi connectivity index (χ1v) is 9.90. The molecule has 2 atom stereocenters. The van der Waals surface area contributed by atoms with E-state index in [1.54, 1.807) is 0 Å².